The number of carbonyl (C=O) groups excluding carboxylic acids is 1. The van der Waals surface area contributed by atoms with E-state index in [1.165, 1.54) is 22.7 Å². The maximum absolute atomic E-state index is 13.7. The minimum absolute atomic E-state index is 0.152. The molecule has 160 valence electrons. The Balaban J connectivity index is 1.63. The molecule has 3 heterocycles. The third kappa shape index (κ3) is 3.65. The molecule has 0 fully saturated rings. The number of anilines is 1. The van der Waals surface area contributed by atoms with Crippen LogP contribution in [0.25, 0.3) is 20.4 Å². The molecule has 0 spiro atoms. The highest BCUT2D eigenvalue weighted by Gasteiger charge is 2.24. The fourth-order valence-corrected chi connectivity index (χ4v) is 5.22. The Hall–Kier alpha value is -3.56. The van der Waals surface area contributed by atoms with Gasteiger partial charge in [-0.1, -0.05) is 17.4 Å². The number of hydrogen-bond donors (Lipinski definition) is 0. The Bertz CT molecular complexity index is 1370. The Labute approximate surface area is 191 Å². The van der Waals surface area contributed by atoms with Gasteiger partial charge in [0.05, 0.1) is 36.5 Å². The third-order valence-electron chi connectivity index (χ3n) is 5.02. The summed E-state index contributed by atoms with van der Waals surface area (Å²) < 4.78 is 12.8. The van der Waals surface area contributed by atoms with Crippen molar-refractivity contribution in [3.8, 4) is 11.5 Å². The van der Waals surface area contributed by atoms with Crippen LogP contribution in [0.4, 0.5) is 5.13 Å². The minimum atomic E-state index is -0.152. The number of ether oxygens (including phenoxy) is 2. The third-order valence-corrected chi connectivity index (χ3v) is 6.90. The minimum Gasteiger partial charge on any atom is -0.495 e. The second-order valence-electron chi connectivity index (χ2n) is 6.93. The lowest BCUT2D eigenvalue weighted by molar-refractivity contribution is 0.0985. The summed E-state index contributed by atoms with van der Waals surface area (Å²) in [6.07, 6.45) is 3.46. The number of pyridine rings is 1. The van der Waals surface area contributed by atoms with Crippen molar-refractivity contribution in [3.05, 3.63) is 71.5 Å². The van der Waals surface area contributed by atoms with Gasteiger partial charge in [-0.05, 0) is 42.0 Å². The molecule has 3 aromatic heterocycles. The van der Waals surface area contributed by atoms with Crippen LogP contribution in [0.3, 0.4) is 0 Å². The number of fused-ring (bicyclic) bond motifs is 2. The van der Waals surface area contributed by atoms with Gasteiger partial charge in [-0.25, -0.2) is 9.97 Å². The number of carbonyl (C=O) groups is 1. The molecule has 0 radical (unpaired) electrons. The molecule has 0 atom stereocenters. The average Bonchev–Trinajstić information content (AvgIpc) is 3.49. The smallest absolute Gasteiger partial charge is 0.260 e. The number of nitrogens with zero attached hydrogens (tertiary/aromatic N) is 4. The van der Waals surface area contributed by atoms with Gasteiger partial charge in [0, 0.05) is 18.0 Å². The van der Waals surface area contributed by atoms with E-state index in [0.717, 1.165) is 20.5 Å². The van der Waals surface area contributed by atoms with Gasteiger partial charge in [0.2, 0.25) is 0 Å². The molecule has 0 bridgehead atoms. The van der Waals surface area contributed by atoms with Crippen molar-refractivity contribution in [3.63, 3.8) is 0 Å². The van der Waals surface area contributed by atoms with Gasteiger partial charge in [0.15, 0.2) is 5.13 Å². The van der Waals surface area contributed by atoms with Crippen LogP contribution in [0, 0.1) is 0 Å². The summed E-state index contributed by atoms with van der Waals surface area (Å²) in [5.74, 6) is 1.16. The number of benzene rings is 2. The molecule has 5 aromatic rings. The van der Waals surface area contributed by atoms with Crippen LogP contribution in [0.5, 0.6) is 11.5 Å². The second kappa shape index (κ2) is 8.52. The first kappa shape index (κ1) is 20.3. The van der Waals surface area contributed by atoms with Crippen LogP contribution >= 0.6 is 22.7 Å². The van der Waals surface area contributed by atoms with Crippen LogP contribution in [0.2, 0.25) is 0 Å². The summed E-state index contributed by atoms with van der Waals surface area (Å²) in [5, 5.41) is 0.557. The summed E-state index contributed by atoms with van der Waals surface area (Å²) in [5.41, 5.74) is 4.79. The Morgan fingerprint density at radius 2 is 1.94 bits per heavy atom. The van der Waals surface area contributed by atoms with Gasteiger partial charge in [-0.3, -0.25) is 14.7 Å². The zero-order valence-electron chi connectivity index (χ0n) is 17.3. The van der Waals surface area contributed by atoms with Crippen LogP contribution in [-0.4, -0.2) is 35.1 Å². The van der Waals surface area contributed by atoms with Crippen molar-refractivity contribution < 1.29 is 14.3 Å². The van der Waals surface area contributed by atoms with Crippen molar-refractivity contribution in [1.82, 2.24) is 15.0 Å². The van der Waals surface area contributed by atoms with E-state index >= 15 is 0 Å². The molecule has 0 aliphatic heterocycles. The highest BCUT2D eigenvalue weighted by atomic mass is 32.1. The van der Waals surface area contributed by atoms with E-state index in [-0.39, 0.29) is 5.91 Å². The summed E-state index contributed by atoms with van der Waals surface area (Å²) in [7, 11) is 3.21. The molecule has 5 rings (SSSR count). The van der Waals surface area contributed by atoms with Gasteiger partial charge in [-0.2, -0.15) is 0 Å². The molecule has 0 saturated carbocycles. The first-order valence-corrected chi connectivity index (χ1v) is 11.4. The van der Waals surface area contributed by atoms with E-state index < -0.39 is 0 Å². The molecule has 1 amide bonds. The summed E-state index contributed by atoms with van der Waals surface area (Å²) in [6, 6.07) is 13.0. The van der Waals surface area contributed by atoms with Gasteiger partial charge < -0.3 is 9.47 Å². The van der Waals surface area contributed by atoms with E-state index in [0.29, 0.717) is 34.3 Å². The first-order chi connectivity index (χ1) is 15.7. The van der Waals surface area contributed by atoms with Crippen molar-refractivity contribution in [2.75, 3.05) is 19.1 Å². The maximum atomic E-state index is 13.7. The lowest BCUT2D eigenvalue weighted by Crippen LogP contribution is -2.30. The molecule has 0 saturated heterocycles. The molecule has 2 aromatic carbocycles. The van der Waals surface area contributed by atoms with E-state index in [1.54, 1.807) is 43.1 Å². The molecular formula is C23H18N4O3S2. The summed E-state index contributed by atoms with van der Waals surface area (Å²) in [6.45, 7) is 0.331. The molecule has 0 aliphatic rings. The fraction of sp³-hybridized carbons (Fsp3) is 0.130. The number of amides is 1. The van der Waals surface area contributed by atoms with Gasteiger partial charge in [-0.15, -0.1) is 11.3 Å². The van der Waals surface area contributed by atoms with Crippen LogP contribution in [-0.2, 0) is 6.54 Å². The van der Waals surface area contributed by atoms with E-state index in [2.05, 4.69) is 9.97 Å². The average molecular weight is 463 g/mol. The number of methoxy groups -OCH3 is 2. The van der Waals surface area contributed by atoms with E-state index in [4.69, 9.17) is 14.5 Å². The number of hydrogen-bond acceptors (Lipinski definition) is 8. The maximum Gasteiger partial charge on any atom is 0.260 e. The topological polar surface area (TPSA) is 77.4 Å². The summed E-state index contributed by atoms with van der Waals surface area (Å²) in [4.78, 5) is 28.6. The van der Waals surface area contributed by atoms with Crippen molar-refractivity contribution in [1.29, 1.82) is 0 Å². The van der Waals surface area contributed by atoms with Crippen LogP contribution in [0.15, 0.2) is 60.4 Å². The zero-order chi connectivity index (χ0) is 22.1. The van der Waals surface area contributed by atoms with Gasteiger partial charge in [0.25, 0.3) is 5.91 Å². The molecular weight excluding hydrogens is 444 g/mol. The fourth-order valence-electron chi connectivity index (χ4n) is 3.43. The monoisotopic (exact) mass is 462 g/mol. The molecule has 32 heavy (non-hydrogen) atoms. The summed E-state index contributed by atoms with van der Waals surface area (Å²) >= 11 is 2.90. The van der Waals surface area contributed by atoms with Crippen molar-refractivity contribution in [2.45, 2.75) is 6.54 Å². The quantitative estimate of drug-likeness (QED) is 0.347. The lowest BCUT2D eigenvalue weighted by atomic mass is 10.1. The predicted molar refractivity (Wildman–Crippen MR) is 127 cm³/mol. The Morgan fingerprint density at radius 1 is 1.09 bits per heavy atom. The van der Waals surface area contributed by atoms with Crippen LogP contribution in [0.1, 0.15) is 15.9 Å². The van der Waals surface area contributed by atoms with Crippen molar-refractivity contribution in [2.24, 2.45) is 0 Å². The highest BCUT2D eigenvalue weighted by Crippen LogP contribution is 2.40. The van der Waals surface area contributed by atoms with E-state index in [1.807, 2.05) is 36.4 Å². The Kier molecular flexibility index (Phi) is 5.42. The normalized spacial score (nSPS) is 11.1. The second-order valence-corrected chi connectivity index (χ2v) is 8.80. The number of aromatic nitrogens is 3. The molecule has 9 heteroatoms. The standard InChI is InChI=1S/C23H18N4O3S2/c1-29-17-7-8-18(30-2)21-20(17)26-23(32-21)27(12-14-4-3-9-24-11-14)22(28)15-5-6-16-19(10-15)31-13-25-16/h3-11,13H,12H2,1-2H3. The molecule has 0 unspecified atom stereocenters. The molecule has 0 aliphatic carbocycles. The first-order valence-electron chi connectivity index (χ1n) is 9.73. The van der Waals surface area contributed by atoms with Gasteiger partial charge in [0.1, 0.15) is 21.7 Å². The SMILES string of the molecule is COc1ccc(OC)c2sc(N(Cc3cccnc3)C(=O)c3ccc4ncsc4c3)nc12. The lowest BCUT2D eigenvalue weighted by Gasteiger charge is -2.20. The van der Waals surface area contributed by atoms with Gasteiger partial charge >= 0.3 is 0 Å². The largest absolute Gasteiger partial charge is 0.495 e. The van der Waals surface area contributed by atoms with E-state index in [9.17, 15) is 4.79 Å². The predicted octanol–water partition coefficient (Wildman–Crippen LogP) is 5.17. The zero-order valence-corrected chi connectivity index (χ0v) is 18.9. The molecule has 0 N–H and O–H groups in total. The van der Waals surface area contributed by atoms with Crippen molar-refractivity contribution >= 4 is 54.1 Å². The van der Waals surface area contributed by atoms with Crippen LogP contribution < -0.4 is 14.4 Å². The molecule has 7 nitrogen and oxygen atoms in total. The Morgan fingerprint density at radius 3 is 2.72 bits per heavy atom. The highest BCUT2D eigenvalue weighted by molar-refractivity contribution is 7.22. The number of rotatable bonds is 6. The number of thiazole rings is 2.